The molecule has 11 heteroatoms. The summed E-state index contributed by atoms with van der Waals surface area (Å²) in [6, 6.07) is 2.91. The minimum absolute atomic E-state index is 0.112. The van der Waals surface area contributed by atoms with Crippen LogP contribution in [0, 0.1) is 11.7 Å². The van der Waals surface area contributed by atoms with Crippen molar-refractivity contribution < 1.29 is 14.2 Å². The molecule has 2 atom stereocenters. The predicted molar refractivity (Wildman–Crippen MR) is 122 cm³/mol. The number of rotatable bonds is 5. The third-order valence-electron chi connectivity index (χ3n) is 7.89. The van der Waals surface area contributed by atoms with Gasteiger partial charge in [0.1, 0.15) is 0 Å². The van der Waals surface area contributed by atoms with Crippen LogP contribution in [0.25, 0.3) is 16.6 Å². The monoisotopic (exact) mass is 464 g/mol. The summed E-state index contributed by atoms with van der Waals surface area (Å²) in [5, 5.41) is 20.2. The van der Waals surface area contributed by atoms with E-state index in [-0.39, 0.29) is 17.1 Å². The SMILES string of the molecule is COc1cc2nc(N)n3nc([C@]45C[C@H]4CN(c4cnn(CC6(O)CCC6)c4)C5)nc3c2cc1F. The van der Waals surface area contributed by atoms with Crippen LogP contribution in [0.4, 0.5) is 16.0 Å². The van der Waals surface area contributed by atoms with Crippen LogP contribution in [0.1, 0.15) is 31.5 Å². The number of nitrogens with two attached hydrogens (primary N) is 1. The molecule has 0 radical (unpaired) electrons. The molecule has 3 aromatic heterocycles. The average molecular weight is 465 g/mol. The summed E-state index contributed by atoms with van der Waals surface area (Å²) in [5.74, 6) is 0.982. The van der Waals surface area contributed by atoms with Gasteiger partial charge in [-0.3, -0.25) is 4.68 Å². The van der Waals surface area contributed by atoms with Crippen LogP contribution in [0.5, 0.6) is 5.75 Å². The van der Waals surface area contributed by atoms with E-state index in [0.29, 0.717) is 34.8 Å². The predicted octanol–water partition coefficient (Wildman–Crippen LogP) is 1.90. The summed E-state index contributed by atoms with van der Waals surface area (Å²) < 4.78 is 22.9. The number of fused-ring (bicyclic) bond motifs is 4. The second kappa shape index (κ2) is 6.56. The van der Waals surface area contributed by atoms with Gasteiger partial charge >= 0.3 is 0 Å². The third kappa shape index (κ3) is 2.76. The first-order valence-corrected chi connectivity index (χ1v) is 11.6. The summed E-state index contributed by atoms with van der Waals surface area (Å²) in [4.78, 5) is 11.5. The van der Waals surface area contributed by atoms with Gasteiger partial charge in [-0.25, -0.2) is 14.4 Å². The van der Waals surface area contributed by atoms with E-state index in [9.17, 15) is 9.50 Å². The molecule has 34 heavy (non-hydrogen) atoms. The highest BCUT2D eigenvalue weighted by Gasteiger charge is 2.63. The highest BCUT2D eigenvalue weighted by Crippen LogP contribution is 2.58. The number of piperidine rings is 1. The molecule has 0 unspecified atom stereocenters. The molecule has 7 rings (SSSR count). The molecule has 4 aromatic rings. The quantitative estimate of drug-likeness (QED) is 0.460. The van der Waals surface area contributed by atoms with Crippen LogP contribution in [0.3, 0.4) is 0 Å². The topological polar surface area (TPSA) is 120 Å². The Bertz CT molecular complexity index is 1460. The van der Waals surface area contributed by atoms with Crippen molar-refractivity contribution in [3.8, 4) is 5.75 Å². The molecule has 1 saturated heterocycles. The standard InChI is InChI=1S/C23H25FN8O2/c1-34-18-6-17-15(5-16(18)24)19-28-20(29-32(19)21(25)27-17)23-7-13(23)9-30(12-23)14-8-26-31(10-14)11-22(33)3-2-4-22/h5-6,8,10,13,33H,2-4,7,9,11-12H2,1H3,(H2,25,27)/t13-,23-/m0/s1. The van der Waals surface area contributed by atoms with Crippen molar-refractivity contribution in [3.63, 3.8) is 0 Å². The molecule has 0 amide bonds. The molecular weight excluding hydrogens is 439 g/mol. The Kier molecular flexibility index (Phi) is 3.85. The van der Waals surface area contributed by atoms with Crippen LogP contribution in [0.2, 0.25) is 0 Å². The van der Waals surface area contributed by atoms with E-state index in [0.717, 1.165) is 44.5 Å². The van der Waals surface area contributed by atoms with Crippen LogP contribution < -0.4 is 15.4 Å². The highest BCUT2D eigenvalue weighted by atomic mass is 19.1. The lowest BCUT2D eigenvalue weighted by Crippen LogP contribution is -2.41. The molecular formula is C23H25FN8O2. The van der Waals surface area contributed by atoms with E-state index in [1.165, 1.54) is 23.8 Å². The minimum atomic E-state index is -0.613. The Morgan fingerprint density at radius 2 is 2.15 bits per heavy atom. The Morgan fingerprint density at radius 1 is 1.29 bits per heavy atom. The number of nitrogen functional groups attached to an aromatic ring is 1. The molecule has 3 fully saturated rings. The van der Waals surface area contributed by atoms with Gasteiger partial charge in [-0.2, -0.15) is 9.61 Å². The fraction of sp³-hybridized carbons (Fsp3) is 0.478. The first kappa shape index (κ1) is 20.0. The van der Waals surface area contributed by atoms with E-state index in [2.05, 4.69) is 15.0 Å². The second-order valence-corrected chi connectivity index (χ2v) is 10.1. The average Bonchev–Trinajstić information content (AvgIpc) is 3.21. The number of anilines is 2. The van der Waals surface area contributed by atoms with Crippen molar-refractivity contribution in [3.05, 3.63) is 36.2 Å². The van der Waals surface area contributed by atoms with Crippen molar-refractivity contribution in [2.45, 2.75) is 43.2 Å². The lowest BCUT2D eigenvalue weighted by Gasteiger charge is -2.36. The molecule has 1 aliphatic heterocycles. The van der Waals surface area contributed by atoms with Gasteiger partial charge in [0.05, 0.1) is 42.1 Å². The molecule has 0 spiro atoms. The molecule has 10 nitrogen and oxygen atoms in total. The van der Waals surface area contributed by atoms with Crippen molar-refractivity contribution in [2.24, 2.45) is 5.92 Å². The maximum absolute atomic E-state index is 14.4. The number of benzene rings is 1. The summed E-state index contributed by atoms with van der Waals surface area (Å²) in [7, 11) is 1.42. The van der Waals surface area contributed by atoms with Gasteiger partial charge in [-0.05, 0) is 37.7 Å². The van der Waals surface area contributed by atoms with Crippen molar-refractivity contribution in [1.82, 2.24) is 29.4 Å². The molecule has 0 bridgehead atoms. The van der Waals surface area contributed by atoms with Crippen LogP contribution >= 0.6 is 0 Å². The van der Waals surface area contributed by atoms with Gasteiger partial charge in [0.15, 0.2) is 23.0 Å². The lowest BCUT2D eigenvalue weighted by atomic mass is 9.80. The Morgan fingerprint density at radius 3 is 2.91 bits per heavy atom. The number of ether oxygens (including phenoxy) is 1. The van der Waals surface area contributed by atoms with Crippen LogP contribution in [-0.2, 0) is 12.0 Å². The van der Waals surface area contributed by atoms with E-state index < -0.39 is 11.4 Å². The number of aromatic nitrogens is 6. The molecule has 2 saturated carbocycles. The summed E-state index contributed by atoms with van der Waals surface area (Å²) in [6.45, 7) is 2.20. The number of nitrogens with zero attached hydrogens (tertiary/aromatic N) is 7. The number of hydrogen-bond donors (Lipinski definition) is 2. The van der Waals surface area contributed by atoms with E-state index >= 15 is 0 Å². The van der Waals surface area contributed by atoms with Gasteiger partial charge in [0, 0.05) is 30.7 Å². The maximum atomic E-state index is 14.4. The van der Waals surface area contributed by atoms with E-state index in [1.807, 2.05) is 17.1 Å². The second-order valence-electron chi connectivity index (χ2n) is 10.1. The fourth-order valence-corrected chi connectivity index (χ4v) is 5.67. The lowest BCUT2D eigenvalue weighted by molar-refractivity contribution is -0.0498. The molecule has 176 valence electrons. The Hall–Kier alpha value is -3.47. The normalized spacial score (nSPS) is 25.0. The Balaban J connectivity index is 1.20. The van der Waals surface area contributed by atoms with E-state index in [4.69, 9.17) is 20.6 Å². The molecule has 1 aromatic carbocycles. The van der Waals surface area contributed by atoms with Crippen LogP contribution in [-0.4, -0.2) is 60.3 Å². The van der Waals surface area contributed by atoms with Crippen LogP contribution in [0.15, 0.2) is 24.5 Å². The molecule has 3 aliphatic rings. The first-order valence-electron chi connectivity index (χ1n) is 11.6. The Labute approximate surface area is 194 Å². The smallest absolute Gasteiger partial charge is 0.223 e. The third-order valence-corrected chi connectivity index (χ3v) is 7.89. The van der Waals surface area contributed by atoms with Crippen molar-refractivity contribution >= 4 is 28.2 Å². The molecule has 3 N–H and O–H groups in total. The largest absolute Gasteiger partial charge is 0.494 e. The summed E-state index contributed by atoms with van der Waals surface area (Å²) in [5.41, 5.74) is 7.46. The number of aliphatic hydroxyl groups is 1. The fourth-order valence-electron chi connectivity index (χ4n) is 5.67. The van der Waals surface area contributed by atoms with Crippen molar-refractivity contribution in [2.75, 3.05) is 30.8 Å². The first-order chi connectivity index (χ1) is 16.4. The molecule has 2 aliphatic carbocycles. The molecule has 4 heterocycles. The zero-order valence-corrected chi connectivity index (χ0v) is 18.8. The maximum Gasteiger partial charge on any atom is 0.223 e. The number of halogens is 1. The van der Waals surface area contributed by atoms with E-state index in [1.54, 1.807) is 0 Å². The number of methoxy groups -OCH3 is 1. The zero-order chi connectivity index (χ0) is 23.2. The van der Waals surface area contributed by atoms with Gasteiger partial charge < -0.3 is 20.5 Å². The van der Waals surface area contributed by atoms with Crippen molar-refractivity contribution in [1.29, 1.82) is 0 Å². The summed E-state index contributed by atoms with van der Waals surface area (Å²) >= 11 is 0. The van der Waals surface area contributed by atoms with Gasteiger partial charge in [0.2, 0.25) is 5.95 Å². The van der Waals surface area contributed by atoms with Gasteiger partial charge in [0.25, 0.3) is 0 Å². The highest BCUT2D eigenvalue weighted by molar-refractivity contribution is 5.93. The van der Waals surface area contributed by atoms with Gasteiger partial charge in [-0.15, -0.1) is 5.10 Å². The minimum Gasteiger partial charge on any atom is -0.494 e. The zero-order valence-electron chi connectivity index (χ0n) is 18.8. The number of hydrogen-bond acceptors (Lipinski definition) is 8. The summed E-state index contributed by atoms with van der Waals surface area (Å²) in [6.07, 6.45) is 7.62. The van der Waals surface area contributed by atoms with Gasteiger partial charge in [-0.1, -0.05) is 0 Å².